The van der Waals surface area contributed by atoms with E-state index in [9.17, 15) is 18.0 Å². The summed E-state index contributed by atoms with van der Waals surface area (Å²) >= 11 is 0. The molecule has 0 bridgehead atoms. The molecule has 0 radical (unpaired) electrons. The highest BCUT2D eigenvalue weighted by atomic mass is 32.2. The second kappa shape index (κ2) is 4.74. The van der Waals surface area contributed by atoms with Gasteiger partial charge in [-0.2, -0.15) is 0 Å². The predicted octanol–water partition coefficient (Wildman–Crippen LogP) is -0.913. The van der Waals surface area contributed by atoms with Crippen LogP contribution < -0.4 is 16.1 Å². The van der Waals surface area contributed by atoms with Crippen molar-refractivity contribution in [1.29, 1.82) is 0 Å². The standard InChI is InChI=1S/C9H14N2O5S/c1-4-5-16-11-8(17(3,14)15)6(2)7(12)10-9(11)13/h4-5H2,1-3H3,(H,10,12,13). The largest absolute Gasteiger partial charge is 0.408 e. The third kappa shape index (κ3) is 2.76. The number of nitrogens with one attached hydrogen (secondary N) is 1. The van der Waals surface area contributed by atoms with Crippen molar-refractivity contribution in [2.24, 2.45) is 0 Å². The minimum atomic E-state index is -3.72. The lowest BCUT2D eigenvalue weighted by Crippen LogP contribution is -2.39. The molecule has 8 heteroatoms. The minimum Gasteiger partial charge on any atom is -0.408 e. The second-order valence-corrected chi connectivity index (χ2v) is 5.52. The number of aromatic nitrogens is 2. The molecule has 0 saturated heterocycles. The molecule has 0 spiro atoms. The summed E-state index contributed by atoms with van der Waals surface area (Å²) in [6, 6.07) is 0. The molecule has 17 heavy (non-hydrogen) atoms. The van der Waals surface area contributed by atoms with Crippen LogP contribution in [-0.4, -0.2) is 31.0 Å². The van der Waals surface area contributed by atoms with Crippen LogP contribution in [0.3, 0.4) is 0 Å². The van der Waals surface area contributed by atoms with Gasteiger partial charge < -0.3 is 4.84 Å². The van der Waals surface area contributed by atoms with Gasteiger partial charge in [-0.15, -0.1) is 4.73 Å². The van der Waals surface area contributed by atoms with Gasteiger partial charge in [0.25, 0.3) is 5.56 Å². The minimum absolute atomic E-state index is 0.0665. The maximum absolute atomic E-state index is 11.5. The number of hydrogen-bond donors (Lipinski definition) is 1. The molecule has 0 aliphatic carbocycles. The fourth-order valence-electron chi connectivity index (χ4n) is 1.31. The van der Waals surface area contributed by atoms with E-state index < -0.39 is 26.1 Å². The van der Waals surface area contributed by atoms with Gasteiger partial charge in [0.2, 0.25) is 0 Å². The molecule has 96 valence electrons. The van der Waals surface area contributed by atoms with E-state index in [1.54, 1.807) is 0 Å². The molecule has 0 aromatic carbocycles. The topological polar surface area (TPSA) is 98.2 Å². The Bertz CT molecular complexity index is 626. The summed E-state index contributed by atoms with van der Waals surface area (Å²) in [4.78, 5) is 29.9. The highest BCUT2D eigenvalue weighted by molar-refractivity contribution is 7.90. The van der Waals surface area contributed by atoms with Crippen molar-refractivity contribution in [2.75, 3.05) is 12.9 Å². The molecule has 1 heterocycles. The Morgan fingerprint density at radius 1 is 1.35 bits per heavy atom. The summed E-state index contributed by atoms with van der Waals surface area (Å²) in [6.07, 6.45) is 1.52. The first kappa shape index (κ1) is 13.5. The summed E-state index contributed by atoms with van der Waals surface area (Å²) in [5.41, 5.74) is -1.69. The van der Waals surface area contributed by atoms with Crippen molar-refractivity contribution in [1.82, 2.24) is 9.71 Å². The number of sulfone groups is 1. The zero-order valence-corrected chi connectivity index (χ0v) is 10.6. The molecule has 0 fully saturated rings. The van der Waals surface area contributed by atoms with E-state index in [0.717, 1.165) is 6.26 Å². The molecular formula is C9H14N2O5S. The van der Waals surface area contributed by atoms with Crippen LogP contribution in [0.4, 0.5) is 0 Å². The van der Waals surface area contributed by atoms with Crippen molar-refractivity contribution < 1.29 is 13.3 Å². The van der Waals surface area contributed by atoms with Gasteiger partial charge in [0.1, 0.15) is 6.61 Å². The van der Waals surface area contributed by atoms with Crippen molar-refractivity contribution >= 4 is 9.84 Å². The first-order valence-corrected chi connectivity index (χ1v) is 6.87. The first-order valence-electron chi connectivity index (χ1n) is 4.98. The SMILES string of the molecule is CCCOn1c(S(C)(=O)=O)c(C)c(=O)[nH]c1=O. The highest BCUT2D eigenvalue weighted by Gasteiger charge is 2.21. The zero-order valence-electron chi connectivity index (χ0n) is 9.81. The summed E-state index contributed by atoms with van der Waals surface area (Å²) in [5, 5.41) is -0.403. The summed E-state index contributed by atoms with van der Waals surface area (Å²) < 4.78 is 23.7. The summed E-state index contributed by atoms with van der Waals surface area (Å²) in [5.74, 6) is 0. The van der Waals surface area contributed by atoms with E-state index in [0.29, 0.717) is 11.2 Å². The van der Waals surface area contributed by atoms with Crippen molar-refractivity contribution in [3.05, 3.63) is 26.4 Å². The average Bonchev–Trinajstić information content (AvgIpc) is 2.19. The lowest BCUT2D eigenvalue weighted by Gasteiger charge is -2.12. The van der Waals surface area contributed by atoms with Crippen LogP contribution in [0.15, 0.2) is 14.6 Å². The van der Waals surface area contributed by atoms with Crippen LogP contribution in [0, 0.1) is 6.92 Å². The van der Waals surface area contributed by atoms with E-state index >= 15 is 0 Å². The molecule has 0 unspecified atom stereocenters. The lowest BCUT2D eigenvalue weighted by molar-refractivity contribution is 0.0780. The molecule has 0 aliphatic heterocycles. The second-order valence-electron chi connectivity index (χ2n) is 3.59. The molecule has 1 N–H and O–H groups in total. The highest BCUT2D eigenvalue weighted by Crippen LogP contribution is 2.07. The van der Waals surface area contributed by atoms with E-state index in [2.05, 4.69) is 0 Å². The van der Waals surface area contributed by atoms with Gasteiger partial charge in [0.05, 0.1) is 5.56 Å². The third-order valence-corrected chi connectivity index (χ3v) is 3.20. The van der Waals surface area contributed by atoms with Gasteiger partial charge in [0.15, 0.2) is 14.9 Å². The molecule has 0 amide bonds. The van der Waals surface area contributed by atoms with Crippen LogP contribution in [0.1, 0.15) is 18.9 Å². The van der Waals surface area contributed by atoms with E-state index in [4.69, 9.17) is 4.84 Å². The number of aromatic amines is 1. The molecule has 7 nitrogen and oxygen atoms in total. The molecule has 1 aromatic heterocycles. The van der Waals surface area contributed by atoms with Crippen LogP contribution in [0.5, 0.6) is 0 Å². The van der Waals surface area contributed by atoms with Gasteiger partial charge >= 0.3 is 5.69 Å². The molecule has 0 atom stereocenters. The van der Waals surface area contributed by atoms with Gasteiger partial charge in [-0.05, 0) is 13.3 Å². The molecule has 0 saturated carbocycles. The van der Waals surface area contributed by atoms with Crippen molar-refractivity contribution in [2.45, 2.75) is 25.3 Å². The Balaban J connectivity index is 3.63. The van der Waals surface area contributed by atoms with E-state index in [-0.39, 0.29) is 12.2 Å². The van der Waals surface area contributed by atoms with Gasteiger partial charge in [-0.1, -0.05) is 6.92 Å². The molecular weight excluding hydrogens is 248 g/mol. The molecule has 0 aliphatic rings. The smallest absolute Gasteiger partial charge is 0.362 e. The average molecular weight is 262 g/mol. The van der Waals surface area contributed by atoms with Gasteiger partial charge in [-0.3, -0.25) is 9.78 Å². The fraction of sp³-hybridized carbons (Fsp3) is 0.556. The fourth-order valence-corrected chi connectivity index (χ4v) is 2.40. The maximum atomic E-state index is 11.5. The Morgan fingerprint density at radius 3 is 2.41 bits per heavy atom. The Kier molecular flexibility index (Phi) is 3.76. The quantitative estimate of drug-likeness (QED) is 0.708. The van der Waals surface area contributed by atoms with Gasteiger partial charge in [-0.25, -0.2) is 13.2 Å². The van der Waals surface area contributed by atoms with E-state index in [1.807, 2.05) is 11.9 Å². The normalized spacial score (nSPS) is 11.5. The number of hydrogen-bond acceptors (Lipinski definition) is 5. The van der Waals surface area contributed by atoms with Crippen molar-refractivity contribution in [3.8, 4) is 0 Å². The molecule has 1 aromatic rings. The van der Waals surface area contributed by atoms with Crippen LogP contribution in [0.25, 0.3) is 0 Å². The maximum Gasteiger partial charge on any atom is 0.362 e. The van der Waals surface area contributed by atoms with Gasteiger partial charge in [0, 0.05) is 6.26 Å². The van der Waals surface area contributed by atoms with Crippen LogP contribution in [0.2, 0.25) is 0 Å². The third-order valence-electron chi connectivity index (χ3n) is 2.03. The Morgan fingerprint density at radius 2 is 1.94 bits per heavy atom. The number of H-pyrrole nitrogens is 1. The lowest BCUT2D eigenvalue weighted by atomic mass is 10.4. The zero-order chi connectivity index (χ0) is 13.2. The predicted molar refractivity (Wildman–Crippen MR) is 60.9 cm³/mol. The molecule has 1 rings (SSSR count). The first-order chi connectivity index (χ1) is 7.79. The number of rotatable bonds is 4. The van der Waals surface area contributed by atoms with Crippen LogP contribution in [-0.2, 0) is 9.84 Å². The Hall–Kier alpha value is -1.57. The van der Waals surface area contributed by atoms with Crippen molar-refractivity contribution in [3.63, 3.8) is 0 Å². The Labute approximate surface area is 97.9 Å². The monoisotopic (exact) mass is 262 g/mol. The van der Waals surface area contributed by atoms with Crippen LogP contribution >= 0.6 is 0 Å². The van der Waals surface area contributed by atoms with E-state index in [1.165, 1.54) is 6.92 Å². The number of nitrogens with zero attached hydrogens (tertiary/aromatic N) is 1. The summed E-state index contributed by atoms with van der Waals surface area (Å²) in [7, 11) is -3.72. The summed E-state index contributed by atoms with van der Waals surface area (Å²) in [6.45, 7) is 3.30.